The van der Waals surface area contributed by atoms with Gasteiger partial charge in [-0.15, -0.1) is 10.2 Å². The van der Waals surface area contributed by atoms with Gasteiger partial charge in [-0.1, -0.05) is 25.2 Å². The smallest absolute Gasteiger partial charge is 0.328 e. The van der Waals surface area contributed by atoms with Gasteiger partial charge < -0.3 is 10.1 Å². The van der Waals surface area contributed by atoms with Gasteiger partial charge in [0.1, 0.15) is 6.04 Å². The second-order valence-corrected chi connectivity index (χ2v) is 5.14. The average Bonchev–Trinajstić information content (AvgIpc) is 2.71. The van der Waals surface area contributed by atoms with Crippen molar-refractivity contribution in [3.8, 4) is 0 Å². The molecule has 1 rings (SSSR count). The van der Waals surface area contributed by atoms with Crippen molar-refractivity contribution in [1.82, 2.24) is 15.5 Å². The van der Waals surface area contributed by atoms with Crippen molar-refractivity contribution >= 4 is 34.8 Å². The number of nitrogens with zero attached hydrogens (tertiary/aromatic N) is 2. The summed E-state index contributed by atoms with van der Waals surface area (Å²) in [4.78, 5) is 23.2. The first kappa shape index (κ1) is 13.9. The quantitative estimate of drug-likeness (QED) is 0.834. The van der Waals surface area contributed by atoms with Crippen LogP contribution >= 0.6 is 22.9 Å². The number of amides is 1. The van der Waals surface area contributed by atoms with Gasteiger partial charge in [0.05, 0.1) is 7.11 Å². The van der Waals surface area contributed by atoms with Crippen molar-refractivity contribution in [3.63, 3.8) is 0 Å². The van der Waals surface area contributed by atoms with Gasteiger partial charge in [-0.05, 0) is 17.5 Å². The molecule has 1 atom stereocenters. The molecule has 0 radical (unpaired) electrons. The Balaban J connectivity index is 2.74. The molecule has 0 aliphatic carbocycles. The first-order valence-electron chi connectivity index (χ1n) is 4.83. The molecule has 0 aromatic carbocycles. The molecule has 17 heavy (non-hydrogen) atoms. The van der Waals surface area contributed by atoms with Crippen LogP contribution in [0.5, 0.6) is 0 Å². The third kappa shape index (κ3) is 3.64. The Morgan fingerprint density at radius 2 is 2.06 bits per heavy atom. The molecule has 0 aliphatic heterocycles. The SMILES string of the molecule is COC(=O)C(NC(=O)c1nnc(Cl)s1)C(C)C. The molecule has 94 valence electrons. The molecule has 0 saturated carbocycles. The number of carbonyl (C=O) groups is 2. The molecular weight excluding hydrogens is 266 g/mol. The Kier molecular flexibility index (Phi) is 4.83. The molecule has 1 heterocycles. The number of nitrogens with one attached hydrogen (secondary N) is 1. The zero-order valence-corrected chi connectivity index (χ0v) is 11.1. The summed E-state index contributed by atoms with van der Waals surface area (Å²) in [7, 11) is 1.27. The third-order valence-electron chi connectivity index (χ3n) is 2.00. The monoisotopic (exact) mass is 277 g/mol. The van der Waals surface area contributed by atoms with E-state index >= 15 is 0 Å². The molecule has 0 aliphatic rings. The second-order valence-electron chi connectivity index (χ2n) is 3.58. The fraction of sp³-hybridized carbons (Fsp3) is 0.556. The van der Waals surface area contributed by atoms with Gasteiger partial charge in [0, 0.05) is 0 Å². The first-order chi connectivity index (χ1) is 7.95. The highest BCUT2D eigenvalue weighted by molar-refractivity contribution is 7.17. The number of hydrogen-bond donors (Lipinski definition) is 1. The van der Waals surface area contributed by atoms with E-state index in [0.717, 1.165) is 11.3 Å². The van der Waals surface area contributed by atoms with Gasteiger partial charge in [-0.2, -0.15) is 0 Å². The van der Waals surface area contributed by atoms with Crippen LogP contribution in [-0.4, -0.2) is 35.2 Å². The lowest BCUT2D eigenvalue weighted by atomic mass is 10.0. The molecule has 0 saturated heterocycles. The normalized spacial score (nSPS) is 12.3. The molecule has 1 aromatic rings. The van der Waals surface area contributed by atoms with E-state index in [1.165, 1.54) is 7.11 Å². The number of esters is 1. The molecule has 8 heteroatoms. The molecule has 0 spiro atoms. The van der Waals surface area contributed by atoms with E-state index in [9.17, 15) is 9.59 Å². The van der Waals surface area contributed by atoms with E-state index in [-0.39, 0.29) is 15.4 Å². The molecule has 1 aromatic heterocycles. The number of aromatic nitrogens is 2. The van der Waals surface area contributed by atoms with Crippen molar-refractivity contribution in [2.24, 2.45) is 5.92 Å². The van der Waals surface area contributed by atoms with Crippen LogP contribution in [-0.2, 0) is 9.53 Å². The topological polar surface area (TPSA) is 81.2 Å². The zero-order chi connectivity index (χ0) is 13.0. The van der Waals surface area contributed by atoms with Crippen LogP contribution < -0.4 is 5.32 Å². The standard InChI is InChI=1S/C9H12ClN3O3S/c1-4(2)5(8(15)16-3)11-6(14)7-12-13-9(10)17-7/h4-5H,1-3H3,(H,11,14). The van der Waals surface area contributed by atoms with Crippen molar-refractivity contribution < 1.29 is 14.3 Å². The maximum absolute atomic E-state index is 11.7. The summed E-state index contributed by atoms with van der Waals surface area (Å²) in [5.74, 6) is -1.07. The largest absolute Gasteiger partial charge is 0.467 e. The van der Waals surface area contributed by atoms with E-state index < -0.39 is 17.9 Å². The lowest BCUT2D eigenvalue weighted by Crippen LogP contribution is -2.45. The molecule has 1 amide bonds. The molecule has 0 fully saturated rings. The van der Waals surface area contributed by atoms with Gasteiger partial charge in [-0.3, -0.25) is 4.79 Å². The second kappa shape index (κ2) is 5.92. The first-order valence-corrected chi connectivity index (χ1v) is 6.02. The van der Waals surface area contributed by atoms with E-state index in [1.807, 2.05) is 0 Å². The summed E-state index contributed by atoms with van der Waals surface area (Å²) in [6, 6.07) is -0.713. The zero-order valence-electron chi connectivity index (χ0n) is 9.56. The fourth-order valence-electron chi connectivity index (χ4n) is 1.12. The number of methoxy groups -OCH3 is 1. The predicted molar refractivity (Wildman–Crippen MR) is 63.0 cm³/mol. The number of carbonyl (C=O) groups excluding carboxylic acids is 2. The van der Waals surface area contributed by atoms with Gasteiger partial charge in [0.15, 0.2) is 0 Å². The number of ether oxygens (including phenoxy) is 1. The van der Waals surface area contributed by atoms with E-state index in [2.05, 4.69) is 20.3 Å². The highest BCUT2D eigenvalue weighted by Crippen LogP contribution is 2.15. The lowest BCUT2D eigenvalue weighted by molar-refractivity contribution is -0.144. The summed E-state index contributed by atoms with van der Waals surface area (Å²) in [5.41, 5.74) is 0. The summed E-state index contributed by atoms with van der Waals surface area (Å²) in [5, 5.41) is 9.75. The van der Waals surface area contributed by atoms with Crippen molar-refractivity contribution in [1.29, 1.82) is 0 Å². The van der Waals surface area contributed by atoms with Crippen LogP contribution in [0.15, 0.2) is 0 Å². The van der Waals surface area contributed by atoms with E-state index in [0.29, 0.717) is 0 Å². The fourth-order valence-corrected chi connectivity index (χ4v) is 1.86. The Morgan fingerprint density at radius 3 is 2.47 bits per heavy atom. The van der Waals surface area contributed by atoms with Gasteiger partial charge in [0.2, 0.25) is 9.47 Å². The molecule has 1 N–H and O–H groups in total. The van der Waals surface area contributed by atoms with E-state index in [1.54, 1.807) is 13.8 Å². The van der Waals surface area contributed by atoms with Gasteiger partial charge in [-0.25, -0.2) is 4.79 Å². The Hall–Kier alpha value is -1.21. The van der Waals surface area contributed by atoms with Crippen molar-refractivity contribution in [2.45, 2.75) is 19.9 Å². The van der Waals surface area contributed by atoms with Crippen LogP contribution in [0.4, 0.5) is 0 Å². The molecule has 0 bridgehead atoms. The predicted octanol–water partition coefficient (Wildman–Crippen LogP) is 1.12. The molecular formula is C9H12ClN3O3S. The maximum atomic E-state index is 11.7. The third-order valence-corrected chi connectivity index (χ3v) is 3.02. The summed E-state index contributed by atoms with van der Waals surface area (Å²) >= 11 is 6.51. The van der Waals surface area contributed by atoms with Crippen LogP contribution in [0.2, 0.25) is 4.47 Å². The average molecular weight is 278 g/mol. The van der Waals surface area contributed by atoms with Crippen molar-refractivity contribution in [2.75, 3.05) is 7.11 Å². The molecule has 1 unspecified atom stereocenters. The maximum Gasteiger partial charge on any atom is 0.328 e. The highest BCUT2D eigenvalue weighted by Gasteiger charge is 2.26. The number of hydrogen-bond acceptors (Lipinski definition) is 6. The highest BCUT2D eigenvalue weighted by atomic mass is 35.5. The summed E-state index contributed by atoms with van der Waals surface area (Å²) in [6.45, 7) is 3.60. The van der Waals surface area contributed by atoms with Crippen LogP contribution in [0, 0.1) is 5.92 Å². The van der Waals surface area contributed by atoms with Crippen molar-refractivity contribution in [3.05, 3.63) is 9.47 Å². The van der Waals surface area contributed by atoms with E-state index in [4.69, 9.17) is 11.6 Å². The lowest BCUT2D eigenvalue weighted by Gasteiger charge is -2.18. The minimum atomic E-state index is -0.713. The Bertz CT molecular complexity index is 421. The van der Waals surface area contributed by atoms with Crippen LogP contribution in [0.1, 0.15) is 23.6 Å². The summed E-state index contributed by atoms with van der Waals surface area (Å²) in [6.07, 6.45) is 0. The van der Waals surface area contributed by atoms with Gasteiger partial charge in [0.25, 0.3) is 5.91 Å². The number of halogens is 1. The van der Waals surface area contributed by atoms with Crippen LogP contribution in [0.25, 0.3) is 0 Å². The van der Waals surface area contributed by atoms with Crippen LogP contribution in [0.3, 0.4) is 0 Å². The summed E-state index contributed by atoms with van der Waals surface area (Å²) < 4.78 is 4.78. The minimum absolute atomic E-state index is 0.0882. The minimum Gasteiger partial charge on any atom is -0.467 e. The Morgan fingerprint density at radius 1 is 1.41 bits per heavy atom. The molecule has 6 nitrogen and oxygen atoms in total. The number of rotatable bonds is 4. The van der Waals surface area contributed by atoms with Gasteiger partial charge >= 0.3 is 5.97 Å². The Labute approximate surface area is 107 Å².